The Hall–Kier alpha value is -7.58. The summed E-state index contributed by atoms with van der Waals surface area (Å²) >= 11 is 13.6. The number of imide groups is 1. The number of urea groups is 1. The number of alkyl carbamates (subject to hydrolysis) is 1. The summed E-state index contributed by atoms with van der Waals surface area (Å²) in [6.07, 6.45) is 3.97. The Kier molecular flexibility index (Phi) is 23.5. The molecule has 0 aromatic heterocycles. The number of nitrogens with two attached hydrogens (primary N) is 1. The number of nitrogens with one attached hydrogen (secondary N) is 5. The average Bonchev–Trinajstić information content (AvgIpc) is 1.81. The second kappa shape index (κ2) is 29.9. The molecule has 0 aliphatic carbocycles. The minimum atomic E-state index is -1.93. The van der Waals surface area contributed by atoms with Crippen molar-refractivity contribution in [3.63, 3.8) is 0 Å². The number of epoxide rings is 1. The van der Waals surface area contributed by atoms with E-state index in [0.717, 1.165) is 20.9 Å². The van der Waals surface area contributed by atoms with Gasteiger partial charge in [0.2, 0.25) is 23.6 Å². The van der Waals surface area contributed by atoms with Crippen LogP contribution in [0.5, 0.6) is 5.75 Å². The summed E-state index contributed by atoms with van der Waals surface area (Å²) < 4.78 is 29.5. The molecule has 4 aliphatic heterocycles. The highest BCUT2D eigenvalue weighted by molar-refractivity contribution is 6.35. The molecule has 2 fully saturated rings. The highest BCUT2D eigenvalue weighted by Crippen LogP contribution is 2.49. The number of aliphatic hydroxyl groups is 1. The molecule has 0 saturated carbocycles. The maximum absolute atomic E-state index is 14.5. The van der Waals surface area contributed by atoms with Crippen LogP contribution in [-0.2, 0) is 58.9 Å². The van der Waals surface area contributed by atoms with Gasteiger partial charge in [0.25, 0.3) is 17.7 Å². The number of methoxy groups -OCH3 is 2. The van der Waals surface area contributed by atoms with Crippen molar-refractivity contribution in [2.75, 3.05) is 51.6 Å². The van der Waals surface area contributed by atoms with Gasteiger partial charge in [-0.15, -0.1) is 0 Å². The van der Waals surface area contributed by atoms with Crippen molar-refractivity contribution >= 4 is 94.0 Å². The minimum Gasteiger partial charge on any atom is -0.495 e. The molecule has 2 aromatic carbocycles. The number of unbranched alkanes of at least 4 members (excludes halogenated alkanes) is 2. The molecular formula is C60H79Cl2N9O16. The Bertz CT molecular complexity index is 3050. The fraction of sp³-hybridized carbons (Fsp3) is 0.533. The third-order valence-corrected chi connectivity index (χ3v) is 16.7. The summed E-state index contributed by atoms with van der Waals surface area (Å²) in [5.74, 6) is -5.57. The molecule has 0 unspecified atom stereocenters. The highest BCUT2D eigenvalue weighted by Gasteiger charge is 2.64. The molecule has 474 valence electrons. The number of amides is 10. The van der Waals surface area contributed by atoms with Gasteiger partial charge in [-0.1, -0.05) is 74.2 Å². The molecule has 8 N–H and O–H groups in total. The Balaban J connectivity index is 1.16. The molecule has 2 saturated heterocycles. The van der Waals surface area contributed by atoms with Crippen molar-refractivity contribution in [3.8, 4) is 5.75 Å². The lowest BCUT2D eigenvalue weighted by Crippen LogP contribution is -2.63. The monoisotopic (exact) mass is 1250 g/mol. The molecule has 10 atom stereocenters. The lowest BCUT2D eigenvalue weighted by molar-refractivity contribution is -0.158. The molecule has 4 heterocycles. The molecule has 6 rings (SSSR count). The van der Waals surface area contributed by atoms with E-state index in [9.17, 15) is 53.1 Å². The van der Waals surface area contributed by atoms with E-state index >= 15 is 0 Å². The van der Waals surface area contributed by atoms with Crippen molar-refractivity contribution in [2.45, 2.75) is 153 Å². The number of nitrogens with zero attached hydrogens (tertiary/aromatic N) is 3. The van der Waals surface area contributed by atoms with Gasteiger partial charge >= 0.3 is 18.1 Å². The lowest BCUT2D eigenvalue weighted by atomic mass is 9.83. The van der Waals surface area contributed by atoms with Gasteiger partial charge in [0.05, 0.1) is 35.9 Å². The zero-order chi connectivity index (χ0) is 64.2. The quantitative estimate of drug-likeness (QED) is 0.0354. The molecule has 10 amide bonds. The summed E-state index contributed by atoms with van der Waals surface area (Å²) in [5.41, 5.74) is 3.86. The van der Waals surface area contributed by atoms with Crippen LogP contribution in [0.4, 0.5) is 21.0 Å². The van der Waals surface area contributed by atoms with Gasteiger partial charge in [-0.25, -0.2) is 14.4 Å². The van der Waals surface area contributed by atoms with E-state index in [2.05, 4.69) is 26.6 Å². The lowest BCUT2D eigenvalue weighted by Gasteiger charge is -2.42. The fourth-order valence-electron chi connectivity index (χ4n) is 10.6. The number of fused-ring (bicyclic) bond motifs is 5. The predicted octanol–water partition coefficient (Wildman–Crippen LogP) is 4.98. The van der Waals surface area contributed by atoms with Crippen LogP contribution in [0.3, 0.4) is 0 Å². The van der Waals surface area contributed by atoms with Gasteiger partial charge in [0.1, 0.15) is 52.8 Å². The number of benzene rings is 2. The number of esters is 1. The van der Waals surface area contributed by atoms with E-state index in [4.69, 9.17) is 52.6 Å². The van der Waals surface area contributed by atoms with Crippen LogP contribution in [0.1, 0.15) is 109 Å². The Morgan fingerprint density at radius 1 is 0.966 bits per heavy atom. The van der Waals surface area contributed by atoms with E-state index in [1.165, 1.54) is 70.5 Å². The highest BCUT2D eigenvalue weighted by atomic mass is 35.5. The number of halogens is 2. The smallest absolute Gasteiger partial charge is 0.409 e. The number of rotatable bonds is 22. The third-order valence-electron chi connectivity index (χ3n) is 16.0. The predicted molar refractivity (Wildman–Crippen MR) is 320 cm³/mol. The van der Waals surface area contributed by atoms with Crippen LogP contribution in [0, 0.1) is 11.8 Å². The second-order valence-corrected chi connectivity index (χ2v) is 23.5. The second-order valence-electron chi connectivity index (χ2n) is 22.8. The molecule has 0 spiro atoms. The summed E-state index contributed by atoms with van der Waals surface area (Å²) in [6.45, 7) is 10.4. The number of allylic oxidation sites excluding steroid dienone is 3. The Morgan fingerprint density at radius 2 is 1.67 bits per heavy atom. The summed E-state index contributed by atoms with van der Waals surface area (Å²) in [4.78, 5) is 136. The number of anilines is 2. The molecule has 27 heteroatoms. The number of ether oxygens (including phenoxy) is 5. The first-order valence-corrected chi connectivity index (χ1v) is 29.4. The van der Waals surface area contributed by atoms with Crippen LogP contribution in [-0.4, -0.2) is 170 Å². The molecule has 25 nitrogen and oxygen atoms in total. The van der Waals surface area contributed by atoms with Crippen LogP contribution < -0.4 is 42.0 Å². The van der Waals surface area contributed by atoms with Gasteiger partial charge in [-0.2, -0.15) is 0 Å². The maximum atomic E-state index is 14.5. The Labute approximate surface area is 515 Å². The van der Waals surface area contributed by atoms with Crippen LogP contribution in [0.2, 0.25) is 10.0 Å². The van der Waals surface area contributed by atoms with Crippen LogP contribution in [0.25, 0.3) is 0 Å². The Morgan fingerprint density at radius 3 is 2.31 bits per heavy atom. The van der Waals surface area contributed by atoms with E-state index < -0.39 is 120 Å². The first-order chi connectivity index (χ1) is 41.0. The van der Waals surface area contributed by atoms with Crippen molar-refractivity contribution in [1.29, 1.82) is 0 Å². The first kappa shape index (κ1) is 68.5. The van der Waals surface area contributed by atoms with Crippen molar-refractivity contribution in [1.82, 2.24) is 31.1 Å². The van der Waals surface area contributed by atoms with Gasteiger partial charge < -0.3 is 65.6 Å². The number of primary amides is 1. The summed E-state index contributed by atoms with van der Waals surface area (Å²) in [7, 11) is 5.70. The zero-order valence-electron chi connectivity index (χ0n) is 50.5. The minimum absolute atomic E-state index is 0.00831. The third kappa shape index (κ3) is 17.4. The first-order valence-electron chi connectivity index (χ1n) is 28.7. The topological polar surface area (TPSA) is 336 Å². The number of hydrogen-bond donors (Lipinski definition) is 7. The number of likely N-dealkylation sites (N-methyl/N-ethyl adjacent to an activating group) is 1. The SMILES string of the molecule is COc1cc2cc(c1Cl)N(C)C(=O)C[C@H](OC(=O)[C@H](C)N(C)C(=O)c1ccc(NC(=O)[C@H](CCCNC(N)=O)NC(=O)[C@@H](NC(=O)CCCCCN3C(=O)C=CC3=O)C(C)C)cc1Cl)[C@]1(C)O[C@H]1[C@H](C)[C@@H]1C[C@@](O)(NC(=O)O1)[C@H](OC)/C=C/C=C(\C)C2. The van der Waals surface area contributed by atoms with Crippen molar-refractivity contribution < 1.29 is 76.7 Å². The van der Waals surface area contributed by atoms with Crippen LogP contribution >= 0.6 is 23.2 Å². The van der Waals surface area contributed by atoms with Gasteiger partial charge in [0.15, 0.2) is 5.72 Å². The standard InChI is InChI=1S/C60H79Cl2N9O16/c1-32(2)51(67-46(72)19-12-11-13-25-71-47(73)22-23-48(71)74)54(77)66-40(17-15-24-64-57(63)80)53(76)65-37-20-21-38(39(61)29-37)55(78)69(7)35(5)56(79)86-45-30-49(75)70(8)41-27-36(28-42(83-9)50(41)62)26-33(3)16-14-18-44(84-10)60(82)31-43(85-58(81)68-60)34(4)52-59(45,6)87-52/h14,16,18,20-23,27-29,32,34-35,40,43-45,51-52,82H,11-13,15,17,19,24-26,30-31H2,1-10H3,(H,65,76)(H,66,77)(H,67,72)(H,68,81)(H3,63,64,80)/b18-14+,33-16+/t34-,35+,40+,43+,44-,45+,51+,52+,59+,60+/m1/s1. The molecule has 4 bridgehead atoms. The summed E-state index contributed by atoms with van der Waals surface area (Å²) in [5, 5.41) is 25.0. The van der Waals surface area contributed by atoms with Crippen molar-refractivity contribution in [2.24, 2.45) is 17.6 Å². The maximum Gasteiger partial charge on any atom is 0.409 e. The van der Waals surface area contributed by atoms with Crippen molar-refractivity contribution in [3.05, 3.63) is 87.5 Å². The van der Waals surface area contributed by atoms with Gasteiger partial charge in [-0.3, -0.25) is 43.8 Å². The fourth-order valence-corrected chi connectivity index (χ4v) is 11.2. The largest absolute Gasteiger partial charge is 0.495 e. The number of carbonyl (C=O) groups excluding carboxylic acids is 10. The molecular weight excluding hydrogens is 1170 g/mol. The van der Waals surface area contributed by atoms with E-state index in [1.54, 1.807) is 52.0 Å². The summed E-state index contributed by atoms with van der Waals surface area (Å²) in [6, 6.07) is 3.10. The number of hydrogen-bond acceptors (Lipinski definition) is 16. The molecule has 0 radical (unpaired) electrons. The molecule has 4 aliphatic rings. The number of carbonyl (C=O) groups is 10. The van der Waals surface area contributed by atoms with Crippen LogP contribution in [0.15, 0.2) is 66.3 Å². The molecule has 2 aromatic rings. The average molecular weight is 1250 g/mol. The molecule has 87 heavy (non-hydrogen) atoms. The van der Waals surface area contributed by atoms with E-state index in [1.807, 2.05) is 13.0 Å². The van der Waals surface area contributed by atoms with E-state index in [-0.39, 0.29) is 71.9 Å². The van der Waals surface area contributed by atoms with Gasteiger partial charge in [0, 0.05) is 70.9 Å². The zero-order valence-corrected chi connectivity index (χ0v) is 52.0. The van der Waals surface area contributed by atoms with Gasteiger partial charge in [-0.05, 0) is 94.7 Å². The van der Waals surface area contributed by atoms with E-state index in [0.29, 0.717) is 37.1 Å². The normalized spacial score (nSPS) is 24.9.